The molecule has 0 bridgehead atoms. The van der Waals surface area contributed by atoms with Crippen LogP contribution in [0.2, 0.25) is 0 Å². The number of fused-ring (bicyclic) bond motifs is 1. The number of carbonyl (C=O) groups excluding carboxylic acids is 1. The van der Waals surface area contributed by atoms with Gasteiger partial charge in [-0.2, -0.15) is 0 Å². The van der Waals surface area contributed by atoms with Crippen molar-refractivity contribution in [1.82, 2.24) is 0 Å². The molecule has 0 N–H and O–H groups in total. The van der Waals surface area contributed by atoms with Crippen LogP contribution in [0.4, 0.5) is 0 Å². The first kappa shape index (κ1) is 18.7. The molecule has 0 aromatic rings. The van der Waals surface area contributed by atoms with E-state index in [2.05, 4.69) is 33.4 Å². The van der Waals surface area contributed by atoms with E-state index in [4.69, 9.17) is 9.47 Å². The normalized spacial score (nSPS) is 39.4. The molecule has 25 heavy (non-hydrogen) atoms. The zero-order valence-electron chi connectivity index (χ0n) is 16.4. The van der Waals surface area contributed by atoms with E-state index in [9.17, 15) is 4.79 Å². The minimum absolute atomic E-state index is 0.203. The average Bonchev–Trinajstić information content (AvgIpc) is 2.86. The SMILES string of the molecule is C=C1CC[C@H]2C(C)(C)CCC[C@]2(C)[C@H]1C/C=C1\CC(OCC)OC1=O. The summed E-state index contributed by atoms with van der Waals surface area (Å²) in [7, 11) is 0. The summed E-state index contributed by atoms with van der Waals surface area (Å²) in [5, 5.41) is 0. The molecular formula is C22H34O3. The summed E-state index contributed by atoms with van der Waals surface area (Å²) in [6.45, 7) is 14.3. The fourth-order valence-corrected chi connectivity index (χ4v) is 5.91. The van der Waals surface area contributed by atoms with Crippen LogP contribution in [0.1, 0.15) is 72.6 Å². The van der Waals surface area contributed by atoms with Gasteiger partial charge in [-0.25, -0.2) is 4.79 Å². The lowest BCUT2D eigenvalue weighted by atomic mass is 9.47. The summed E-state index contributed by atoms with van der Waals surface area (Å²) in [5.41, 5.74) is 2.87. The molecule has 1 unspecified atom stereocenters. The van der Waals surface area contributed by atoms with E-state index in [-0.39, 0.29) is 5.97 Å². The van der Waals surface area contributed by atoms with Crippen LogP contribution >= 0.6 is 0 Å². The highest BCUT2D eigenvalue weighted by molar-refractivity contribution is 5.90. The molecule has 2 saturated carbocycles. The van der Waals surface area contributed by atoms with E-state index in [1.807, 2.05) is 6.92 Å². The van der Waals surface area contributed by atoms with Gasteiger partial charge in [0.15, 0.2) is 0 Å². The number of ether oxygens (including phenoxy) is 2. The van der Waals surface area contributed by atoms with Crippen LogP contribution in [0, 0.1) is 22.7 Å². The average molecular weight is 347 g/mol. The van der Waals surface area contributed by atoms with Gasteiger partial charge in [0.05, 0.1) is 0 Å². The van der Waals surface area contributed by atoms with Crippen LogP contribution in [-0.2, 0) is 14.3 Å². The van der Waals surface area contributed by atoms with Crippen LogP contribution in [0.25, 0.3) is 0 Å². The maximum atomic E-state index is 12.1. The Hall–Kier alpha value is -1.09. The second-order valence-electron chi connectivity index (χ2n) is 9.11. The predicted octanol–water partition coefficient (Wildman–Crippen LogP) is 5.41. The Morgan fingerprint density at radius 1 is 1.32 bits per heavy atom. The third-order valence-corrected chi connectivity index (χ3v) is 7.16. The summed E-state index contributed by atoms with van der Waals surface area (Å²) < 4.78 is 10.7. The highest BCUT2D eigenvalue weighted by Gasteiger charge is 2.52. The first-order valence-electron chi connectivity index (χ1n) is 9.97. The lowest BCUT2D eigenvalue weighted by molar-refractivity contribution is -0.160. The topological polar surface area (TPSA) is 35.5 Å². The molecular weight excluding hydrogens is 312 g/mol. The zero-order chi connectivity index (χ0) is 18.2. The molecule has 3 heteroatoms. The van der Waals surface area contributed by atoms with Crippen molar-refractivity contribution < 1.29 is 14.3 Å². The first-order valence-corrected chi connectivity index (χ1v) is 9.97. The quantitative estimate of drug-likeness (QED) is 0.388. The van der Waals surface area contributed by atoms with Crippen molar-refractivity contribution in [2.75, 3.05) is 6.61 Å². The molecule has 3 nitrogen and oxygen atoms in total. The van der Waals surface area contributed by atoms with Crippen LogP contribution in [0.3, 0.4) is 0 Å². The minimum Gasteiger partial charge on any atom is -0.432 e. The second-order valence-corrected chi connectivity index (χ2v) is 9.11. The van der Waals surface area contributed by atoms with E-state index in [0.29, 0.717) is 29.8 Å². The fourth-order valence-electron chi connectivity index (χ4n) is 5.91. The Balaban J connectivity index is 1.77. The third-order valence-electron chi connectivity index (χ3n) is 7.16. The number of rotatable bonds is 4. The smallest absolute Gasteiger partial charge is 0.336 e. The number of hydrogen-bond donors (Lipinski definition) is 0. The summed E-state index contributed by atoms with van der Waals surface area (Å²) in [5.74, 6) is 1.01. The molecule has 1 aliphatic heterocycles. The monoisotopic (exact) mass is 346 g/mol. The van der Waals surface area contributed by atoms with E-state index in [1.54, 1.807) is 0 Å². The van der Waals surface area contributed by atoms with Crippen LogP contribution in [0.15, 0.2) is 23.8 Å². The standard InChI is InChI=1S/C22H34O3/c1-6-24-19-14-16(20(23)25-19)9-10-17-15(2)8-11-18-21(3,4)12-7-13-22(17,18)5/h9,17-19H,2,6-8,10-14H2,1,3-5H3/b16-9+/t17-,18-,19?,22+/m0/s1. The third kappa shape index (κ3) is 3.45. The molecule has 140 valence electrons. The van der Waals surface area contributed by atoms with Gasteiger partial charge in [0.1, 0.15) is 0 Å². The molecule has 0 aromatic carbocycles. The van der Waals surface area contributed by atoms with Crippen molar-refractivity contribution in [2.24, 2.45) is 22.7 Å². The van der Waals surface area contributed by atoms with Crippen LogP contribution < -0.4 is 0 Å². The van der Waals surface area contributed by atoms with Crippen molar-refractivity contribution in [3.8, 4) is 0 Å². The summed E-state index contributed by atoms with van der Waals surface area (Å²) in [4.78, 5) is 12.1. The Morgan fingerprint density at radius 3 is 2.80 bits per heavy atom. The number of cyclic esters (lactones) is 1. The van der Waals surface area contributed by atoms with Gasteiger partial charge in [-0.1, -0.05) is 45.4 Å². The maximum Gasteiger partial charge on any atom is 0.336 e. The second kappa shape index (κ2) is 6.90. The Labute approximate surface area is 152 Å². The predicted molar refractivity (Wildman–Crippen MR) is 99.9 cm³/mol. The molecule has 0 amide bonds. The number of esters is 1. The van der Waals surface area contributed by atoms with Crippen molar-refractivity contribution in [2.45, 2.75) is 78.9 Å². The van der Waals surface area contributed by atoms with Crippen molar-refractivity contribution in [3.05, 3.63) is 23.8 Å². The number of hydrogen-bond acceptors (Lipinski definition) is 3. The maximum absolute atomic E-state index is 12.1. The molecule has 1 heterocycles. The largest absolute Gasteiger partial charge is 0.432 e. The molecule has 2 aliphatic carbocycles. The molecule has 3 aliphatic rings. The Bertz CT molecular complexity index is 574. The molecule has 0 spiro atoms. The zero-order valence-corrected chi connectivity index (χ0v) is 16.4. The highest BCUT2D eigenvalue weighted by atomic mass is 16.7. The van der Waals surface area contributed by atoms with E-state index in [1.165, 1.54) is 31.3 Å². The van der Waals surface area contributed by atoms with Crippen molar-refractivity contribution >= 4 is 5.97 Å². The summed E-state index contributed by atoms with van der Waals surface area (Å²) in [6.07, 6.45) is 9.52. The Morgan fingerprint density at radius 2 is 2.08 bits per heavy atom. The van der Waals surface area contributed by atoms with Gasteiger partial charge >= 0.3 is 5.97 Å². The highest BCUT2D eigenvalue weighted by Crippen LogP contribution is 2.61. The number of allylic oxidation sites excluding steroid dienone is 2. The molecule has 3 fully saturated rings. The van der Waals surface area contributed by atoms with Gasteiger partial charge in [0, 0.05) is 18.6 Å². The van der Waals surface area contributed by atoms with Gasteiger partial charge in [-0.05, 0) is 61.7 Å². The van der Waals surface area contributed by atoms with E-state index < -0.39 is 6.29 Å². The van der Waals surface area contributed by atoms with Gasteiger partial charge in [-0.15, -0.1) is 0 Å². The van der Waals surface area contributed by atoms with Crippen LogP contribution in [-0.4, -0.2) is 18.9 Å². The van der Waals surface area contributed by atoms with Gasteiger partial charge in [-0.3, -0.25) is 0 Å². The minimum atomic E-state index is -0.393. The molecule has 0 aromatic heterocycles. The van der Waals surface area contributed by atoms with Gasteiger partial charge in [0.2, 0.25) is 6.29 Å². The summed E-state index contributed by atoms with van der Waals surface area (Å²) >= 11 is 0. The molecule has 0 radical (unpaired) electrons. The van der Waals surface area contributed by atoms with E-state index >= 15 is 0 Å². The molecule has 3 rings (SSSR count). The number of carbonyl (C=O) groups is 1. The summed E-state index contributed by atoms with van der Waals surface area (Å²) in [6, 6.07) is 0. The molecule has 1 saturated heterocycles. The van der Waals surface area contributed by atoms with Gasteiger partial charge < -0.3 is 9.47 Å². The van der Waals surface area contributed by atoms with Crippen molar-refractivity contribution in [3.63, 3.8) is 0 Å². The van der Waals surface area contributed by atoms with Crippen LogP contribution in [0.5, 0.6) is 0 Å². The van der Waals surface area contributed by atoms with E-state index in [0.717, 1.165) is 24.3 Å². The fraction of sp³-hybridized carbons (Fsp3) is 0.773. The first-order chi connectivity index (χ1) is 11.8. The van der Waals surface area contributed by atoms with Crippen molar-refractivity contribution in [1.29, 1.82) is 0 Å². The van der Waals surface area contributed by atoms with Gasteiger partial charge in [0.25, 0.3) is 0 Å². The molecule has 4 atom stereocenters. The Kier molecular flexibility index (Phi) is 5.16. The lowest BCUT2D eigenvalue weighted by Gasteiger charge is -2.58. The lowest BCUT2D eigenvalue weighted by Crippen LogP contribution is -2.49.